The molecule has 2 rings (SSSR count). The Kier molecular flexibility index (Phi) is 6.66. The lowest BCUT2D eigenvalue weighted by Gasteiger charge is -2.45. The zero-order valence-electron chi connectivity index (χ0n) is 14.5. The molecule has 22 heavy (non-hydrogen) atoms. The van der Waals surface area contributed by atoms with Gasteiger partial charge in [0.05, 0.1) is 6.10 Å². The quantitative estimate of drug-likeness (QED) is 0.778. The van der Waals surface area contributed by atoms with Gasteiger partial charge >= 0.3 is 0 Å². The van der Waals surface area contributed by atoms with E-state index < -0.39 is 0 Å². The lowest BCUT2D eigenvalue weighted by molar-refractivity contribution is -0.129. The second kappa shape index (κ2) is 8.27. The summed E-state index contributed by atoms with van der Waals surface area (Å²) in [4.78, 5) is 14.4. The molecule has 2 atom stereocenters. The van der Waals surface area contributed by atoms with Gasteiger partial charge in [-0.2, -0.15) is 0 Å². The van der Waals surface area contributed by atoms with E-state index in [1.54, 1.807) is 0 Å². The van der Waals surface area contributed by atoms with E-state index in [1.165, 1.54) is 19.3 Å². The normalized spacial score (nSPS) is 30.5. The Balaban J connectivity index is 1.75. The number of rotatable bonds is 6. The molecule has 1 saturated carbocycles. The number of ether oxygens (including phenoxy) is 1. The molecule has 0 aromatic rings. The smallest absolute Gasteiger partial charge is 0.246 e. The number of piperidine rings is 1. The van der Waals surface area contributed by atoms with Crippen molar-refractivity contribution in [3.05, 3.63) is 0 Å². The third-order valence-electron chi connectivity index (χ3n) is 5.37. The number of hydrogen-bond acceptors (Lipinski definition) is 4. The van der Waals surface area contributed by atoms with Crippen molar-refractivity contribution in [3.8, 4) is 0 Å². The van der Waals surface area contributed by atoms with Gasteiger partial charge in [0.25, 0.3) is 0 Å². The van der Waals surface area contributed by atoms with Gasteiger partial charge in [-0.15, -0.1) is 0 Å². The van der Waals surface area contributed by atoms with E-state index in [1.807, 2.05) is 0 Å². The molecular weight excluding hydrogens is 278 g/mol. The lowest BCUT2D eigenvalue weighted by Crippen LogP contribution is -2.55. The monoisotopic (exact) mass is 311 g/mol. The minimum atomic E-state index is 0.0259. The van der Waals surface area contributed by atoms with Crippen LogP contribution < -0.4 is 10.6 Å². The number of carbonyl (C=O) groups excluding carboxylic acids is 1. The topological polar surface area (TPSA) is 53.6 Å². The maximum absolute atomic E-state index is 12.1. The molecule has 5 nitrogen and oxygen atoms in total. The van der Waals surface area contributed by atoms with E-state index in [0.717, 1.165) is 44.8 Å². The van der Waals surface area contributed by atoms with Crippen molar-refractivity contribution in [2.24, 2.45) is 5.92 Å². The van der Waals surface area contributed by atoms with Gasteiger partial charge in [0.2, 0.25) is 5.91 Å². The maximum Gasteiger partial charge on any atom is 0.246 e. The Bertz CT molecular complexity index is 356. The summed E-state index contributed by atoms with van der Waals surface area (Å²) in [6, 6.07) is 0. The van der Waals surface area contributed by atoms with Crippen LogP contribution in [0.5, 0.6) is 0 Å². The molecular formula is C17H33N3O2. The van der Waals surface area contributed by atoms with Crippen LogP contribution in [0.4, 0.5) is 0 Å². The third-order valence-corrected chi connectivity index (χ3v) is 5.37. The van der Waals surface area contributed by atoms with Crippen molar-refractivity contribution >= 4 is 5.91 Å². The van der Waals surface area contributed by atoms with Gasteiger partial charge in [0, 0.05) is 12.1 Å². The zero-order chi connectivity index (χ0) is 16.0. The van der Waals surface area contributed by atoms with Crippen molar-refractivity contribution in [3.63, 3.8) is 0 Å². The second-order valence-corrected chi connectivity index (χ2v) is 7.36. The molecule has 0 aromatic carbocycles. The van der Waals surface area contributed by atoms with Crippen LogP contribution in [0, 0.1) is 5.92 Å². The SMILES string of the molecule is CC1CCCC(CNC(=O)COC2CCNCC2)(N(C)C)C1. The van der Waals surface area contributed by atoms with Gasteiger partial charge in [0.15, 0.2) is 0 Å². The molecule has 0 radical (unpaired) electrons. The number of amides is 1. The molecule has 0 spiro atoms. The van der Waals surface area contributed by atoms with Crippen LogP contribution in [0.15, 0.2) is 0 Å². The number of likely N-dealkylation sites (N-methyl/N-ethyl adjacent to an activating group) is 1. The first-order valence-corrected chi connectivity index (χ1v) is 8.78. The van der Waals surface area contributed by atoms with Crippen LogP contribution in [-0.2, 0) is 9.53 Å². The first kappa shape index (κ1) is 17.7. The minimum absolute atomic E-state index is 0.0259. The lowest BCUT2D eigenvalue weighted by atomic mass is 9.75. The largest absolute Gasteiger partial charge is 0.368 e. The molecule has 1 heterocycles. The molecule has 0 bridgehead atoms. The highest BCUT2D eigenvalue weighted by atomic mass is 16.5. The molecule has 0 aromatic heterocycles. The highest BCUT2D eigenvalue weighted by Gasteiger charge is 2.37. The van der Waals surface area contributed by atoms with Crippen molar-refractivity contribution in [2.45, 2.75) is 57.1 Å². The van der Waals surface area contributed by atoms with Crippen molar-refractivity contribution < 1.29 is 9.53 Å². The summed E-state index contributed by atoms with van der Waals surface area (Å²) < 4.78 is 5.73. The van der Waals surface area contributed by atoms with Crippen LogP contribution in [0.2, 0.25) is 0 Å². The van der Waals surface area contributed by atoms with Crippen LogP contribution in [0.25, 0.3) is 0 Å². The van der Waals surface area contributed by atoms with Gasteiger partial charge in [-0.1, -0.05) is 19.8 Å². The van der Waals surface area contributed by atoms with E-state index in [0.29, 0.717) is 0 Å². The number of nitrogens with one attached hydrogen (secondary N) is 2. The number of nitrogens with zero attached hydrogens (tertiary/aromatic N) is 1. The van der Waals surface area contributed by atoms with E-state index >= 15 is 0 Å². The first-order chi connectivity index (χ1) is 10.5. The average Bonchev–Trinajstić information content (AvgIpc) is 2.52. The number of carbonyl (C=O) groups is 1. The molecule has 5 heteroatoms. The van der Waals surface area contributed by atoms with Crippen LogP contribution in [0.3, 0.4) is 0 Å². The highest BCUT2D eigenvalue weighted by molar-refractivity contribution is 5.77. The Morgan fingerprint density at radius 1 is 1.32 bits per heavy atom. The molecule has 128 valence electrons. The Morgan fingerprint density at radius 3 is 2.68 bits per heavy atom. The van der Waals surface area contributed by atoms with E-state index in [2.05, 4.69) is 36.6 Å². The van der Waals surface area contributed by atoms with Crippen molar-refractivity contribution in [1.82, 2.24) is 15.5 Å². The van der Waals surface area contributed by atoms with Crippen LogP contribution in [0.1, 0.15) is 45.4 Å². The molecule has 2 unspecified atom stereocenters. The minimum Gasteiger partial charge on any atom is -0.368 e. The summed E-state index contributed by atoms with van der Waals surface area (Å²) in [5.41, 5.74) is 0.113. The van der Waals surface area contributed by atoms with Crippen molar-refractivity contribution in [1.29, 1.82) is 0 Å². The fourth-order valence-electron chi connectivity index (χ4n) is 3.83. The van der Waals surface area contributed by atoms with Gasteiger partial charge < -0.3 is 20.3 Å². The Labute approximate surface area is 135 Å². The van der Waals surface area contributed by atoms with Gasteiger partial charge in [0.1, 0.15) is 6.61 Å². The first-order valence-electron chi connectivity index (χ1n) is 8.78. The molecule has 2 fully saturated rings. The molecule has 1 aliphatic heterocycles. The standard InChI is InChI=1S/C17H33N3O2/c1-14-5-4-8-17(11-14,20(2)3)13-19-16(21)12-22-15-6-9-18-10-7-15/h14-15,18H,4-13H2,1-3H3,(H,19,21). The Morgan fingerprint density at radius 2 is 2.05 bits per heavy atom. The van der Waals surface area contributed by atoms with E-state index in [4.69, 9.17) is 4.74 Å². The predicted octanol–water partition coefficient (Wildman–Crippen LogP) is 1.38. The molecule has 1 amide bonds. The molecule has 2 N–H and O–H groups in total. The fraction of sp³-hybridized carbons (Fsp3) is 0.941. The maximum atomic E-state index is 12.1. The summed E-state index contributed by atoms with van der Waals surface area (Å²) in [6.07, 6.45) is 7.14. The van der Waals surface area contributed by atoms with Gasteiger partial charge in [-0.25, -0.2) is 0 Å². The highest BCUT2D eigenvalue weighted by Crippen LogP contribution is 2.35. The van der Waals surface area contributed by atoms with E-state index in [-0.39, 0.29) is 24.2 Å². The van der Waals surface area contributed by atoms with Gasteiger partial charge in [-0.3, -0.25) is 4.79 Å². The summed E-state index contributed by atoms with van der Waals surface area (Å²) in [5, 5.41) is 6.42. The Hall–Kier alpha value is -0.650. The molecule has 1 aliphatic carbocycles. The average molecular weight is 311 g/mol. The summed E-state index contributed by atoms with van der Waals surface area (Å²) >= 11 is 0. The predicted molar refractivity (Wildman–Crippen MR) is 88.9 cm³/mol. The zero-order valence-corrected chi connectivity index (χ0v) is 14.5. The molecule has 1 saturated heterocycles. The molecule has 2 aliphatic rings. The summed E-state index contributed by atoms with van der Waals surface area (Å²) in [7, 11) is 4.27. The third kappa shape index (κ3) is 4.93. The van der Waals surface area contributed by atoms with Crippen molar-refractivity contribution in [2.75, 3.05) is 40.3 Å². The van der Waals surface area contributed by atoms with E-state index in [9.17, 15) is 4.79 Å². The van der Waals surface area contributed by atoms with Crippen LogP contribution >= 0.6 is 0 Å². The second-order valence-electron chi connectivity index (χ2n) is 7.36. The fourth-order valence-corrected chi connectivity index (χ4v) is 3.83. The van der Waals surface area contributed by atoms with Gasteiger partial charge in [-0.05, 0) is 58.8 Å². The summed E-state index contributed by atoms with van der Waals surface area (Å²) in [5.74, 6) is 0.761. The number of hydrogen-bond donors (Lipinski definition) is 2. The van der Waals surface area contributed by atoms with Crippen LogP contribution in [-0.4, -0.2) is 62.8 Å². The summed E-state index contributed by atoms with van der Waals surface area (Å²) in [6.45, 7) is 5.24.